The van der Waals surface area contributed by atoms with E-state index < -0.39 is 12.0 Å². The number of ketones is 1. The predicted octanol–water partition coefficient (Wildman–Crippen LogP) is 4.13. The number of amides is 1. The summed E-state index contributed by atoms with van der Waals surface area (Å²) in [5, 5.41) is 0. The summed E-state index contributed by atoms with van der Waals surface area (Å²) in [5.74, 6) is -0.485. The standard InChI is InChI=1S/C26H29N3O5/c1-6-34-26(32)23-16(2)22(17(3)28-23)24(30)18(4)29(15-20-9-7-8-14-27-20)25(31)19-10-12-21(33-5)13-11-19/h7-14,18,28H,6,15H2,1-5H3/t18-/m1/s1. The van der Waals surface area contributed by atoms with Crippen LogP contribution >= 0.6 is 0 Å². The second-order valence-electron chi connectivity index (χ2n) is 7.87. The van der Waals surface area contributed by atoms with Gasteiger partial charge in [-0.2, -0.15) is 0 Å². The van der Waals surface area contributed by atoms with Crippen molar-refractivity contribution in [3.63, 3.8) is 0 Å². The molecule has 1 aromatic carbocycles. The molecule has 0 unspecified atom stereocenters. The first-order valence-corrected chi connectivity index (χ1v) is 11.0. The van der Waals surface area contributed by atoms with Crippen molar-refractivity contribution in [1.29, 1.82) is 0 Å². The third kappa shape index (κ3) is 5.17. The number of esters is 1. The number of carbonyl (C=O) groups is 3. The first-order valence-electron chi connectivity index (χ1n) is 11.0. The molecule has 3 rings (SSSR count). The number of hydrogen-bond donors (Lipinski definition) is 1. The Bertz CT molecular complexity index is 1170. The van der Waals surface area contributed by atoms with E-state index in [1.54, 1.807) is 77.4 Å². The van der Waals surface area contributed by atoms with Gasteiger partial charge in [0.05, 0.1) is 32.0 Å². The molecule has 0 fully saturated rings. The Balaban J connectivity index is 1.97. The number of aromatic nitrogens is 2. The Morgan fingerprint density at radius 2 is 1.79 bits per heavy atom. The molecule has 0 spiro atoms. The first kappa shape index (κ1) is 24.7. The van der Waals surface area contributed by atoms with Gasteiger partial charge < -0.3 is 19.4 Å². The summed E-state index contributed by atoms with van der Waals surface area (Å²) in [6.07, 6.45) is 1.64. The minimum absolute atomic E-state index is 0.145. The van der Waals surface area contributed by atoms with Crippen LogP contribution in [0.15, 0.2) is 48.7 Å². The third-order valence-corrected chi connectivity index (χ3v) is 5.67. The summed E-state index contributed by atoms with van der Waals surface area (Å²) in [6, 6.07) is 11.3. The van der Waals surface area contributed by atoms with Gasteiger partial charge in [-0.15, -0.1) is 0 Å². The quantitative estimate of drug-likeness (QED) is 0.378. The SMILES string of the molecule is CCOC(=O)c1[nH]c(C)c(C(=O)[C@@H](C)N(Cc2ccccn2)C(=O)c2ccc(OC)cc2)c1C. The molecule has 1 atom stereocenters. The van der Waals surface area contributed by atoms with E-state index in [0.29, 0.717) is 33.8 Å². The van der Waals surface area contributed by atoms with Crippen molar-refractivity contribution in [2.24, 2.45) is 0 Å². The van der Waals surface area contributed by atoms with Gasteiger partial charge >= 0.3 is 5.97 Å². The predicted molar refractivity (Wildman–Crippen MR) is 127 cm³/mol. The molecule has 3 aromatic rings. The number of nitrogens with one attached hydrogen (secondary N) is 1. The monoisotopic (exact) mass is 463 g/mol. The van der Waals surface area contributed by atoms with Gasteiger partial charge in [-0.3, -0.25) is 14.6 Å². The van der Waals surface area contributed by atoms with Gasteiger partial charge in [0.15, 0.2) is 5.78 Å². The van der Waals surface area contributed by atoms with Gasteiger partial charge in [-0.05, 0) is 69.7 Å². The van der Waals surface area contributed by atoms with Crippen LogP contribution in [-0.2, 0) is 11.3 Å². The van der Waals surface area contributed by atoms with E-state index in [-0.39, 0.29) is 30.5 Å². The second-order valence-corrected chi connectivity index (χ2v) is 7.87. The van der Waals surface area contributed by atoms with Crippen LogP contribution in [-0.4, -0.2) is 52.3 Å². The highest BCUT2D eigenvalue weighted by atomic mass is 16.5. The van der Waals surface area contributed by atoms with Crippen LogP contribution in [0.3, 0.4) is 0 Å². The zero-order valence-corrected chi connectivity index (χ0v) is 20.0. The average molecular weight is 464 g/mol. The van der Waals surface area contributed by atoms with Gasteiger partial charge in [0, 0.05) is 23.0 Å². The van der Waals surface area contributed by atoms with Crippen molar-refractivity contribution in [1.82, 2.24) is 14.9 Å². The van der Waals surface area contributed by atoms with E-state index >= 15 is 0 Å². The van der Waals surface area contributed by atoms with Gasteiger partial charge in [0.25, 0.3) is 5.91 Å². The Morgan fingerprint density at radius 1 is 1.09 bits per heavy atom. The Kier molecular flexibility index (Phi) is 7.83. The number of carbonyl (C=O) groups excluding carboxylic acids is 3. The molecule has 0 aliphatic heterocycles. The maximum atomic E-state index is 13.6. The van der Waals surface area contributed by atoms with Crippen molar-refractivity contribution in [3.05, 3.63) is 82.4 Å². The van der Waals surface area contributed by atoms with Crippen LogP contribution in [0.2, 0.25) is 0 Å². The van der Waals surface area contributed by atoms with E-state index in [4.69, 9.17) is 9.47 Å². The summed E-state index contributed by atoms with van der Waals surface area (Å²) in [5.41, 5.74) is 2.75. The van der Waals surface area contributed by atoms with Crippen LogP contribution in [0.25, 0.3) is 0 Å². The Morgan fingerprint density at radius 3 is 2.38 bits per heavy atom. The number of Topliss-reactive ketones (excluding diaryl/α,β-unsaturated/α-hetero) is 1. The van der Waals surface area contributed by atoms with Crippen LogP contribution in [0, 0.1) is 13.8 Å². The summed E-state index contributed by atoms with van der Waals surface area (Å²) in [7, 11) is 1.55. The lowest BCUT2D eigenvalue weighted by molar-refractivity contribution is 0.0518. The fraction of sp³-hybridized carbons (Fsp3) is 0.308. The van der Waals surface area contributed by atoms with Gasteiger partial charge in [0.1, 0.15) is 11.4 Å². The molecule has 0 saturated carbocycles. The molecule has 0 aliphatic carbocycles. The molecular weight excluding hydrogens is 434 g/mol. The fourth-order valence-electron chi connectivity index (χ4n) is 3.83. The maximum Gasteiger partial charge on any atom is 0.355 e. The van der Waals surface area contributed by atoms with Gasteiger partial charge in [-0.1, -0.05) is 6.07 Å². The number of H-pyrrole nitrogens is 1. The van der Waals surface area contributed by atoms with E-state index in [0.717, 1.165) is 0 Å². The maximum absolute atomic E-state index is 13.6. The van der Waals surface area contributed by atoms with Crippen LogP contribution in [0.4, 0.5) is 0 Å². The molecule has 34 heavy (non-hydrogen) atoms. The molecule has 178 valence electrons. The number of methoxy groups -OCH3 is 1. The van der Waals surface area contributed by atoms with Crippen LogP contribution < -0.4 is 4.74 Å². The number of nitrogens with zero attached hydrogens (tertiary/aromatic N) is 2. The Labute approximate surface area is 198 Å². The average Bonchev–Trinajstić information content (AvgIpc) is 3.15. The van der Waals surface area contributed by atoms with Gasteiger partial charge in [0.2, 0.25) is 0 Å². The fourth-order valence-corrected chi connectivity index (χ4v) is 3.83. The number of hydrogen-bond acceptors (Lipinski definition) is 6. The highest BCUT2D eigenvalue weighted by Gasteiger charge is 2.32. The second kappa shape index (κ2) is 10.8. The molecule has 8 nitrogen and oxygen atoms in total. The van der Waals surface area contributed by atoms with Crippen molar-refractivity contribution in [3.8, 4) is 5.75 Å². The van der Waals surface area contributed by atoms with Crippen LogP contribution in [0.5, 0.6) is 5.75 Å². The Hall–Kier alpha value is -3.94. The number of aromatic amines is 1. The number of pyridine rings is 1. The molecule has 0 bridgehead atoms. The molecule has 0 saturated heterocycles. The lowest BCUT2D eigenvalue weighted by atomic mass is 9.99. The molecule has 0 radical (unpaired) electrons. The molecule has 0 aliphatic rings. The highest BCUT2D eigenvalue weighted by Crippen LogP contribution is 2.24. The highest BCUT2D eigenvalue weighted by molar-refractivity contribution is 6.07. The minimum Gasteiger partial charge on any atom is -0.497 e. The number of benzene rings is 1. The summed E-state index contributed by atoms with van der Waals surface area (Å²) in [6.45, 7) is 7.20. The topological polar surface area (TPSA) is 102 Å². The molecular formula is C26H29N3O5. The lowest BCUT2D eigenvalue weighted by Gasteiger charge is -2.28. The molecule has 1 N–H and O–H groups in total. The number of ether oxygens (including phenoxy) is 2. The molecule has 8 heteroatoms. The largest absolute Gasteiger partial charge is 0.497 e. The summed E-state index contributed by atoms with van der Waals surface area (Å²) in [4.78, 5) is 48.2. The van der Waals surface area contributed by atoms with Crippen molar-refractivity contribution in [2.75, 3.05) is 13.7 Å². The van der Waals surface area contributed by atoms with Crippen molar-refractivity contribution < 1.29 is 23.9 Å². The van der Waals surface area contributed by atoms with Gasteiger partial charge in [-0.25, -0.2) is 4.79 Å². The zero-order chi connectivity index (χ0) is 24.8. The van der Waals surface area contributed by atoms with Crippen LogP contribution in [0.1, 0.15) is 62.0 Å². The van der Waals surface area contributed by atoms with E-state index in [9.17, 15) is 14.4 Å². The van der Waals surface area contributed by atoms with E-state index in [1.165, 1.54) is 4.90 Å². The minimum atomic E-state index is -0.820. The molecule has 2 aromatic heterocycles. The smallest absolute Gasteiger partial charge is 0.355 e. The number of rotatable bonds is 9. The third-order valence-electron chi connectivity index (χ3n) is 5.67. The van der Waals surface area contributed by atoms with Crippen molar-refractivity contribution >= 4 is 17.7 Å². The first-order chi connectivity index (χ1) is 16.3. The number of aryl methyl sites for hydroxylation is 1. The normalized spacial score (nSPS) is 11.6. The summed E-state index contributed by atoms with van der Waals surface area (Å²) < 4.78 is 10.3. The summed E-state index contributed by atoms with van der Waals surface area (Å²) >= 11 is 0. The molecule has 1 amide bonds. The lowest BCUT2D eigenvalue weighted by Crippen LogP contribution is -2.43. The zero-order valence-electron chi connectivity index (χ0n) is 20.0. The molecule has 2 heterocycles. The van der Waals surface area contributed by atoms with Crippen molar-refractivity contribution in [2.45, 2.75) is 40.3 Å². The van der Waals surface area contributed by atoms with E-state index in [2.05, 4.69) is 9.97 Å². The van der Waals surface area contributed by atoms with E-state index in [1.807, 2.05) is 6.07 Å².